The molecule has 0 aromatic heterocycles. The lowest BCUT2D eigenvalue weighted by Gasteiger charge is -2.04. The third-order valence-electron chi connectivity index (χ3n) is 1.88. The Morgan fingerprint density at radius 3 is 2.65 bits per heavy atom. The van der Waals surface area contributed by atoms with Crippen LogP contribution >= 0.6 is 0 Å². The largest absolute Gasteiger partial charge is 0.496 e. The quantitative estimate of drug-likeness (QED) is 0.324. The minimum absolute atomic E-state index is 0.120. The van der Waals surface area contributed by atoms with Crippen molar-refractivity contribution >= 4 is 17.3 Å². The van der Waals surface area contributed by atoms with Crippen molar-refractivity contribution in [3.05, 3.63) is 27.8 Å². The van der Waals surface area contributed by atoms with Crippen LogP contribution in [0.15, 0.2) is 12.1 Å². The Hall–Kier alpha value is -2.75. The summed E-state index contributed by atoms with van der Waals surface area (Å²) in [6.07, 6.45) is 0. The maximum Gasteiger partial charge on any atom is 0.297 e. The van der Waals surface area contributed by atoms with Crippen LogP contribution in [0.5, 0.6) is 5.75 Å². The first-order valence-corrected chi connectivity index (χ1v) is 4.39. The molecule has 7 nitrogen and oxygen atoms in total. The number of nitro groups is 1. The molecular weight excluding hydrogens is 226 g/mol. The van der Waals surface area contributed by atoms with Crippen molar-refractivity contribution in [1.82, 2.24) is 0 Å². The zero-order valence-corrected chi connectivity index (χ0v) is 8.89. The molecule has 88 valence electrons. The van der Waals surface area contributed by atoms with Gasteiger partial charge in [0.15, 0.2) is 0 Å². The average Bonchev–Trinajstić information content (AvgIpc) is 2.27. The first kappa shape index (κ1) is 12.3. The fourth-order valence-electron chi connectivity index (χ4n) is 1.11. The van der Waals surface area contributed by atoms with E-state index in [1.165, 1.54) is 19.2 Å². The number of benzene rings is 1. The Balaban J connectivity index is 3.40. The van der Waals surface area contributed by atoms with E-state index in [1.807, 2.05) is 0 Å². The summed E-state index contributed by atoms with van der Waals surface area (Å²) < 4.78 is 4.86. The van der Waals surface area contributed by atoms with Crippen LogP contribution in [-0.4, -0.2) is 17.9 Å². The summed E-state index contributed by atoms with van der Waals surface area (Å²) in [6, 6.07) is 2.56. The number of hydrogen-bond acceptors (Lipinski definition) is 5. The average molecular weight is 235 g/mol. The van der Waals surface area contributed by atoms with Gasteiger partial charge in [-0.2, -0.15) is 0 Å². The molecule has 1 amide bonds. The second-order valence-corrected chi connectivity index (χ2v) is 2.98. The number of primary amides is 1. The van der Waals surface area contributed by atoms with Gasteiger partial charge in [-0.15, -0.1) is 0 Å². The SMILES string of the molecule is COc1cc(C#CC(N)=O)c(N)c([N+](=O)[O-])c1. The van der Waals surface area contributed by atoms with Crippen LogP contribution in [0.1, 0.15) is 5.56 Å². The molecular formula is C10H9N3O4. The molecule has 0 aliphatic heterocycles. The minimum Gasteiger partial charge on any atom is -0.496 e. The summed E-state index contributed by atoms with van der Waals surface area (Å²) in [6.45, 7) is 0. The van der Waals surface area contributed by atoms with Crippen LogP contribution in [-0.2, 0) is 4.79 Å². The standard InChI is InChI=1S/C10H9N3O4/c1-17-7-4-6(2-3-9(11)14)10(12)8(5-7)13(15)16/h4-5H,12H2,1H3,(H2,11,14). The highest BCUT2D eigenvalue weighted by molar-refractivity contribution is 5.93. The maximum absolute atomic E-state index is 10.7. The highest BCUT2D eigenvalue weighted by Crippen LogP contribution is 2.30. The van der Waals surface area contributed by atoms with Crippen molar-refractivity contribution in [2.24, 2.45) is 5.73 Å². The summed E-state index contributed by atoms with van der Waals surface area (Å²) in [5.74, 6) is 3.77. The number of carbonyl (C=O) groups excluding carboxylic acids is 1. The Bertz CT molecular complexity index is 542. The highest BCUT2D eigenvalue weighted by Gasteiger charge is 2.16. The topological polar surface area (TPSA) is 121 Å². The third kappa shape index (κ3) is 2.85. The summed E-state index contributed by atoms with van der Waals surface area (Å²) in [5.41, 5.74) is 10.0. The molecule has 0 spiro atoms. The van der Waals surface area contributed by atoms with Crippen LogP contribution in [0.3, 0.4) is 0 Å². The van der Waals surface area contributed by atoms with E-state index in [9.17, 15) is 14.9 Å². The van der Waals surface area contributed by atoms with Crippen LogP contribution in [0.4, 0.5) is 11.4 Å². The fourth-order valence-corrected chi connectivity index (χ4v) is 1.11. The van der Waals surface area contributed by atoms with E-state index in [2.05, 4.69) is 11.8 Å². The van der Waals surface area contributed by atoms with Gasteiger partial charge in [0.25, 0.3) is 11.6 Å². The van der Waals surface area contributed by atoms with Gasteiger partial charge in [-0.3, -0.25) is 14.9 Å². The molecule has 4 N–H and O–H groups in total. The van der Waals surface area contributed by atoms with Crippen molar-refractivity contribution < 1.29 is 14.5 Å². The van der Waals surface area contributed by atoms with Crippen LogP contribution in [0, 0.1) is 22.0 Å². The molecule has 7 heteroatoms. The Morgan fingerprint density at radius 1 is 1.53 bits per heavy atom. The number of nitrogen functional groups attached to an aromatic ring is 1. The number of anilines is 1. The van der Waals surface area contributed by atoms with E-state index < -0.39 is 10.8 Å². The number of nitrogens with zero attached hydrogens (tertiary/aromatic N) is 1. The summed E-state index contributed by atoms with van der Waals surface area (Å²) >= 11 is 0. The second kappa shape index (κ2) is 4.85. The van der Waals surface area contributed by atoms with Crippen molar-refractivity contribution in [2.75, 3.05) is 12.8 Å². The number of nitro benzene ring substituents is 1. The molecule has 1 rings (SSSR count). The predicted molar refractivity (Wildman–Crippen MR) is 60.1 cm³/mol. The van der Waals surface area contributed by atoms with Crippen LogP contribution in [0.2, 0.25) is 0 Å². The van der Waals surface area contributed by atoms with Gasteiger partial charge in [0.2, 0.25) is 0 Å². The number of ether oxygens (including phenoxy) is 1. The normalized spacial score (nSPS) is 9.00. The van der Waals surface area contributed by atoms with E-state index in [0.717, 1.165) is 0 Å². The summed E-state index contributed by atoms with van der Waals surface area (Å²) in [4.78, 5) is 20.6. The molecule has 0 radical (unpaired) electrons. The third-order valence-corrected chi connectivity index (χ3v) is 1.88. The van der Waals surface area contributed by atoms with Crippen molar-refractivity contribution in [3.8, 4) is 17.6 Å². The number of methoxy groups -OCH3 is 1. The van der Waals surface area contributed by atoms with Gasteiger partial charge in [0, 0.05) is 5.92 Å². The lowest BCUT2D eigenvalue weighted by Crippen LogP contribution is -2.06. The Labute approximate surface area is 96.5 Å². The summed E-state index contributed by atoms with van der Waals surface area (Å²) in [7, 11) is 1.35. The molecule has 0 saturated heterocycles. The zero-order valence-electron chi connectivity index (χ0n) is 8.89. The molecule has 17 heavy (non-hydrogen) atoms. The molecule has 0 unspecified atom stereocenters. The molecule has 0 fully saturated rings. The molecule has 1 aromatic rings. The highest BCUT2D eigenvalue weighted by atomic mass is 16.6. The molecule has 0 saturated carbocycles. The first-order chi connectivity index (χ1) is 7.95. The molecule has 0 aliphatic rings. The lowest BCUT2D eigenvalue weighted by molar-refractivity contribution is -0.384. The van der Waals surface area contributed by atoms with E-state index in [-0.39, 0.29) is 22.7 Å². The first-order valence-electron chi connectivity index (χ1n) is 4.39. The number of hydrogen-bond donors (Lipinski definition) is 2. The van der Waals surface area contributed by atoms with E-state index >= 15 is 0 Å². The fraction of sp³-hybridized carbons (Fsp3) is 0.100. The van der Waals surface area contributed by atoms with Crippen molar-refractivity contribution in [1.29, 1.82) is 0 Å². The van der Waals surface area contributed by atoms with E-state index in [1.54, 1.807) is 0 Å². The molecule has 0 aliphatic carbocycles. The zero-order chi connectivity index (χ0) is 13.0. The molecule has 1 aromatic carbocycles. The lowest BCUT2D eigenvalue weighted by atomic mass is 10.1. The van der Waals surface area contributed by atoms with Crippen molar-refractivity contribution in [2.45, 2.75) is 0 Å². The number of rotatable bonds is 2. The van der Waals surface area contributed by atoms with Crippen LogP contribution < -0.4 is 16.2 Å². The monoisotopic (exact) mass is 235 g/mol. The Morgan fingerprint density at radius 2 is 2.18 bits per heavy atom. The number of nitrogens with two attached hydrogens (primary N) is 2. The van der Waals surface area contributed by atoms with Gasteiger partial charge in [0.05, 0.1) is 23.7 Å². The second-order valence-electron chi connectivity index (χ2n) is 2.98. The van der Waals surface area contributed by atoms with Gasteiger partial charge in [-0.1, -0.05) is 5.92 Å². The number of amides is 1. The van der Waals surface area contributed by atoms with Crippen LogP contribution in [0.25, 0.3) is 0 Å². The van der Waals surface area contributed by atoms with Gasteiger partial charge >= 0.3 is 0 Å². The van der Waals surface area contributed by atoms with Gasteiger partial charge < -0.3 is 16.2 Å². The Kier molecular flexibility index (Phi) is 3.51. The van der Waals surface area contributed by atoms with Gasteiger partial charge in [0.1, 0.15) is 11.4 Å². The maximum atomic E-state index is 10.7. The van der Waals surface area contributed by atoms with Gasteiger partial charge in [-0.25, -0.2) is 0 Å². The van der Waals surface area contributed by atoms with Crippen molar-refractivity contribution in [3.63, 3.8) is 0 Å². The summed E-state index contributed by atoms with van der Waals surface area (Å²) in [5, 5.41) is 10.7. The van der Waals surface area contributed by atoms with E-state index in [4.69, 9.17) is 16.2 Å². The molecule has 0 atom stereocenters. The minimum atomic E-state index is -0.852. The predicted octanol–water partition coefficient (Wildman–Crippen LogP) is 0.0224. The number of carbonyl (C=O) groups is 1. The van der Waals surface area contributed by atoms with E-state index in [0.29, 0.717) is 0 Å². The molecule has 0 bridgehead atoms. The van der Waals surface area contributed by atoms with Gasteiger partial charge in [-0.05, 0) is 6.07 Å². The smallest absolute Gasteiger partial charge is 0.297 e. The molecule has 0 heterocycles.